The van der Waals surface area contributed by atoms with Crippen LogP contribution in [0.1, 0.15) is 39.0 Å². The number of amides is 2. The van der Waals surface area contributed by atoms with Crippen molar-refractivity contribution < 1.29 is 18.0 Å². The van der Waals surface area contributed by atoms with Crippen molar-refractivity contribution in [2.75, 3.05) is 44.6 Å². The minimum atomic E-state index is -3.61. The fourth-order valence-electron chi connectivity index (χ4n) is 4.89. The van der Waals surface area contributed by atoms with Gasteiger partial charge in [0.1, 0.15) is 0 Å². The third-order valence-corrected chi connectivity index (χ3v) is 8.71. The number of hydrogen-bond donors (Lipinski definition) is 1. The van der Waals surface area contributed by atoms with Crippen LogP contribution in [0.15, 0.2) is 29.2 Å². The van der Waals surface area contributed by atoms with Crippen LogP contribution < -0.4 is 5.32 Å². The van der Waals surface area contributed by atoms with E-state index >= 15 is 0 Å². The first-order chi connectivity index (χ1) is 14.9. The molecule has 3 aliphatic rings. The molecule has 1 N–H and O–H groups in total. The fourth-order valence-corrected chi connectivity index (χ4v) is 6.36. The highest BCUT2D eigenvalue weighted by atomic mass is 32.2. The van der Waals surface area contributed by atoms with Crippen molar-refractivity contribution in [3.63, 3.8) is 0 Å². The minimum Gasteiger partial charge on any atom is -0.339 e. The first-order valence-corrected chi connectivity index (χ1v) is 12.8. The Labute approximate surface area is 184 Å². The highest BCUT2D eigenvalue weighted by molar-refractivity contribution is 7.89. The number of likely N-dealkylation sites (tertiary alicyclic amines) is 1. The Bertz CT molecular complexity index is 921. The molecule has 31 heavy (non-hydrogen) atoms. The van der Waals surface area contributed by atoms with Gasteiger partial charge in [0.2, 0.25) is 21.8 Å². The first-order valence-electron chi connectivity index (χ1n) is 11.3. The maximum atomic E-state index is 13.1. The number of hydrogen-bond acceptors (Lipinski definition) is 5. The Hall–Kier alpha value is -1.97. The zero-order chi connectivity index (χ0) is 22.0. The number of benzene rings is 1. The smallest absolute Gasteiger partial charge is 0.243 e. The van der Waals surface area contributed by atoms with Crippen LogP contribution in [0.25, 0.3) is 0 Å². The van der Waals surface area contributed by atoms with Gasteiger partial charge in [-0.15, -0.1) is 0 Å². The molecule has 2 amide bonds. The van der Waals surface area contributed by atoms with Gasteiger partial charge >= 0.3 is 0 Å². The fraction of sp³-hybridized carbons (Fsp3) is 0.636. The number of rotatable bonds is 6. The number of likely N-dealkylation sites (N-methyl/N-ethyl adjacent to an activating group) is 1. The van der Waals surface area contributed by atoms with Gasteiger partial charge in [-0.3, -0.25) is 9.59 Å². The van der Waals surface area contributed by atoms with Crippen LogP contribution in [-0.4, -0.2) is 79.6 Å². The van der Waals surface area contributed by atoms with E-state index in [1.54, 1.807) is 18.2 Å². The van der Waals surface area contributed by atoms with Crippen molar-refractivity contribution in [1.82, 2.24) is 14.1 Å². The van der Waals surface area contributed by atoms with Crippen molar-refractivity contribution in [2.45, 2.75) is 50.0 Å². The highest BCUT2D eigenvalue weighted by Gasteiger charge is 2.38. The van der Waals surface area contributed by atoms with Gasteiger partial charge in [-0.25, -0.2) is 8.42 Å². The second kappa shape index (κ2) is 9.26. The van der Waals surface area contributed by atoms with Crippen LogP contribution in [0, 0.1) is 5.92 Å². The summed E-state index contributed by atoms with van der Waals surface area (Å²) in [6.45, 7) is 5.81. The average Bonchev–Trinajstić information content (AvgIpc) is 3.43. The molecule has 1 saturated carbocycles. The van der Waals surface area contributed by atoms with Gasteiger partial charge < -0.3 is 15.1 Å². The molecule has 1 unspecified atom stereocenters. The van der Waals surface area contributed by atoms with Gasteiger partial charge in [-0.05, 0) is 37.6 Å². The van der Waals surface area contributed by atoms with Gasteiger partial charge in [-0.2, -0.15) is 4.31 Å². The number of carbonyl (C=O) groups is 2. The van der Waals surface area contributed by atoms with Crippen LogP contribution in [0.2, 0.25) is 0 Å². The molecule has 1 aromatic carbocycles. The Morgan fingerprint density at radius 1 is 1.13 bits per heavy atom. The molecule has 8 nitrogen and oxygen atoms in total. The molecule has 2 aliphatic heterocycles. The van der Waals surface area contributed by atoms with Crippen molar-refractivity contribution in [3.05, 3.63) is 24.3 Å². The lowest BCUT2D eigenvalue weighted by atomic mass is 10.1. The Balaban J connectivity index is 1.40. The van der Waals surface area contributed by atoms with Crippen molar-refractivity contribution in [3.8, 4) is 0 Å². The zero-order valence-electron chi connectivity index (χ0n) is 18.1. The summed E-state index contributed by atoms with van der Waals surface area (Å²) >= 11 is 0. The number of nitrogens with one attached hydrogen (secondary N) is 1. The number of sulfonamides is 1. The van der Waals surface area contributed by atoms with E-state index in [-0.39, 0.29) is 29.2 Å². The van der Waals surface area contributed by atoms with E-state index in [4.69, 9.17) is 0 Å². The molecule has 0 radical (unpaired) electrons. The molecule has 4 rings (SSSR count). The Morgan fingerprint density at radius 3 is 2.52 bits per heavy atom. The second-order valence-corrected chi connectivity index (χ2v) is 10.7. The molecule has 1 atom stereocenters. The summed E-state index contributed by atoms with van der Waals surface area (Å²) in [6, 6.07) is 6.70. The number of piperazine rings is 1. The number of anilines is 1. The zero-order valence-corrected chi connectivity index (χ0v) is 18.9. The van der Waals surface area contributed by atoms with Gasteiger partial charge in [0.15, 0.2) is 0 Å². The molecule has 2 saturated heterocycles. The molecule has 1 aliphatic carbocycles. The third-order valence-electron chi connectivity index (χ3n) is 6.81. The van der Waals surface area contributed by atoms with Crippen molar-refractivity contribution in [2.24, 2.45) is 5.92 Å². The quantitative estimate of drug-likeness (QED) is 0.716. The van der Waals surface area contributed by atoms with E-state index in [9.17, 15) is 18.0 Å². The molecular formula is C22H32N4O4S. The van der Waals surface area contributed by atoms with Crippen LogP contribution in [0.3, 0.4) is 0 Å². The minimum absolute atomic E-state index is 0.0506. The number of nitrogens with zero attached hydrogens (tertiary/aromatic N) is 3. The van der Waals surface area contributed by atoms with E-state index in [0.717, 1.165) is 45.3 Å². The summed E-state index contributed by atoms with van der Waals surface area (Å²) in [7, 11) is -3.61. The molecule has 9 heteroatoms. The molecule has 1 aromatic rings. The lowest BCUT2D eigenvalue weighted by Gasteiger charge is -2.33. The molecule has 170 valence electrons. The average molecular weight is 449 g/mol. The van der Waals surface area contributed by atoms with Crippen LogP contribution in [-0.2, 0) is 19.6 Å². The normalized spacial score (nSPS) is 24.1. The lowest BCUT2D eigenvalue weighted by molar-refractivity contribution is -0.129. The summed E-state index contributed by atoms with van der Waals surface area (Å²) < 4.78 is 27.6. The molecule has 0 bridgehead atoms. The maximum Gasteiger partial charge on any atom is 0.243 e. The van der Waals surface area contributed by atoms with Crippen molar-refractivity contribution >= 4 is 27.5 Å². The molecular weight excluding hydrogens is 416 g/mol. The Morgan fingerprint density at radius 2 is 1.84 bits per heavy atom. The summed E-state index contributed by atoms with van der Waals surface area (Å²) in [6.07, 6.45) is 4.54. The van der Waals surface area contributed by atoms with E-state index < -0.39 is 15.9 Å². The predicted octanol–water partition coefficient (Wildman–Crippen LogP) is 1.74. The first kappa shape index (κ1) is 22.2. The van der Waals surface area contributed by atoms with E-state index in [0.29, 0.717) is 25.3 Å². The number of carbonyl (C=O) groups excluding carboxylic acids is 2. The van der Waals surface area contributed by atoms with E-state index in [1.807, 2.05) is 4.90 Å². The van der Waals surface area contributed by atoms with Gasteiger partial charge in [-0.1, -0.05) is 25.8 Å². The lowest BCUT2D eigenvalue weighted by Crippen LogP contribution is -2.48. The maximum absolute atomic E-state index is 13.1. The largest absolute Gasteiger partial charge is 0.339 e. The third kappa shape index (κ3) is 4.78. The SMILES string of the molecule is CCN1CCN(S(=O)(=O)c2cccc(NC(=O)C3CC(=O)N(C4CCCC4)C3)c2)CC1. The van der Waals surface area contributed by atoms with E-state index in [2.05, 4.69) is 17.1 Å². The standard InChI is InChI=1S/C22H32N4O4S/c1-2-24-10-12-25(13-11-24)31(29,30)20-9-5-6-18(15-20)23-22(28)17-14-21(27)26(16-17)19-7-3-4-8-19/h5-6,9,15,17,19H,2-4,7-8,10-14,16H2,1H3,(H,23,28). The van der Waals surface area contributed by atoms with Gasteiger partial charge in [0, 0.05) is 50.9 Å². The molecule has 0 spiro atoms. The van der Waals surface area contributed by atoms with Gasteiger partial charge in [0.25, 0.3) is 0 Å². The topological polar surface area (TPSA) is 90.0 Å². The van der Waals surface area contributed by atoms with Crippen molar-refractivity contribution in [1.29, 1.82) is 0 Å². The molecule has 2 heterocycles. The Kier molecular flexibility index (Phi) is 6.64. The van der Waals surface area contributed by atoms with Crippen LogP contribution >= 0.6 is 0 Å². The summed E-state index contributed by atoms with van der Waals surface area (Å²) in [4.78, 5) is 29.5. The predicted molar refractivity (Wildman–Crippen MR) is 118 cm³/mol. The summed E-state index contributed by atoms with van der Waals surface area (Å²) in [5, 5.41) is 2.84. The van der Waals surface area contributed by atoms with E-state index in [1.165, 1.54) is 10.4 Å². The monoisotopic (exact) mass is 448 g/mol. The molecule has 0 aromatic heterocycles. The summed E-state index contributed by atoms with van der Waals surface area (Å²) in [5.74, 6) is -0.565. The second-order valence-electron chi connectivity index (χ2n) is 8.74. The van der Waals surface area contributed by atoms with Gasteiger partial charge in [0.05, 0.1) is 10.8 Å². The van der Waals surface area contributed by atoms with Crippen LogP contribution in [0.4, 0.5) is 5.69 Å². The molecule has 3 fully saturated rings. The highest BCUT2D eigenvalue weighted by Crippen LogP contribution is 2.30. The van der Waals surface area contributed by atoms with Crippen LogP contribution in [0.5, 0.6) is 0 Å². The summed E-state index contributed by atoms with van der Waals surface area (Å²) in [5.41, 5.74) is 0.449.